The smallest absolute Gasteiger partial charge is 0.281 e. The molecule has 2 rings (SSSR count). The molecule has 1 aromatic carbocycles. The Bertz CT molecular complexity index is 554. The molecule has 5 nitrogen and oxygen atoms in total. The first-order chi connectivity index (χ1) is 9.41. The zero-order chi connectivity index (χ0) is 14.8. The third-order valence-corrected chi connectivity index (χ3v) is 5.41. The van der Waals surface area contributed by atoms with Gasteiger partial charge in [0, 0.05) is 52.4 Å². The number of piperazine rings is 1. The summed E-state index contributed by atoms with van der Waals surface area (Å²) in [5.41, 5.74) is 0.649. The summed E-state index contributed by atoms with van der Waals surface area (Å²) < 4.78 is 40.2. The first-order valence-electron chi connectivity index (χ1n) is 6.54. The van der Waals surface area contributed by atoms with Gasteiger partial charge in [0.1, 0.15) is 5.82 Å². The lowest BCUT2D eigenvalue weighted by molar-refractivity contribution is 0.175. The van der Waals surface area contributed by atoms with Gasteiger partial charge >= 0.3 is 0 Å². The Balaban J connectivity index is 1.94. The summed E-state index contributed by atoms with van der Waals surface area (Å²) in [5.74, 6) is -0.212. The van der Waals surface area contributed by atoms with E-state index in [2.05, 4.69) is 4.90 Å². The Morgan fingerprint density at radius 1 is 1.15 bits per heavy atom. The molecular weight excluding hydrogens is 281 g/mol. The molecule has 7 heteroatoms. The van der Waals surface area contributed by atoms with Crippen LogP contribution in [0.1, 0.15) is 5.56 Å². The number of rotatable bonds is 4. The van der Waals surface area contributed by atoms with Crippen LogP contribution in [0.15, 0.2) is 24.3 Å². The van der Waals surface area contributed by atoms with E-state index in [1.54, 1.807) is 12.1 Å². The van der Waals surface area contributed by atoms with E-state index in [9.17, 15) is 12.8 Å². The fraction of sp³-hybridized carbons (Fsp3) is 0.538. The molecule has 1 saturated heterocycles. The SMILES string of the molecule is CN(C)S(=O)(=O)N1CCN(Cc2ccccc2F)CC1. The predicted molar refractivity (Wildman–Crippen MR) is 75.9 cm³/mol. The van der Waals surface area contributed by atoms with E-state index in [0.29, 0.717) is 38.3 Å². The molecule has 0 saturated carbocycles. The lowest BCUT2D eigenvalue weighted by Crippen LogP contribution is -2.51. The van der Waals surface area contributed by atoms with Crippen LogP contribution in [0.5, 0.6) is 0 Å². The Morgan fingerprint density at radius 2 is 1.75 bits per heavy atom. The van der Waals surface area contributed by atoms with Gasteiger partial charge in [0.15, 0.2) is 0 Å². The molecule has 0 spiro atoms. The first-order valence-corrected chi connectivity index (χ1v) is 7.94. The van der Waals surface area contributed by atoms with E-state index in [-0.39, 0.29) is 5.82 Å². The van der Waals surface area contributed by atoms with Gasteiger partial charge in [0.05, 0.1) is 0 Å². The van der Waals surface area contributed by atoms with Crippen LogP contribution in [0.3, 0.4) is 0 Å². The Hall–Kier alpha value is -1.02. The topological polar surface area (TPSA) is 43.9 Å². The van der Waals surface area contributed by atoms with Crippen molar-refractivity contribution in [3.63, 3.8) is 0 Å². The molecule has 1 heterocycles. The average molecular weight is 301 g/mol. The molecule has 0 N–H and O–H groups in total. The van der Waals surface area contributed by atoms with E-state index in [1.165, 1.54) is 28.8 Å². The summed E-state index contributed by atoms with van der Waals surface area (Å²) in [7, 11) is -0.281. The number of hydrogen-bond acceptors (Lipinski definition) is 3. The second kappa shape index (κ2) is 6.17. The van der Waals surface area contributed by atoms with E-state index in [1.807, 2.05) is 6.07 Å². The number of hydrogen-bond donors (Lipinski definition) is 0. The van der Waals surface area contributed by atoms with Crippen molar-refractivity contribution in [2.24, 2.45) is 0 Å². The molecule has 0 aromatic heterocycles. The molecule has 0 amide bonds. The highest BCUT2D eigenvalue weighted by molar-refractivity contribution is 7.86. The Morgan fingerprint density at radius 3 is 2.30 bits per heavy atom. The fourth-order valence-corrected chi connectivity index (χ4v) is 3.30. The van der Waals surface area contributed by atoms with Crippen molar-refractivity contribution in [2.45, 2.75) is 6.54 Å². The lowest BCUT2D eigenvalue weighted by atomic mass is 10.2. The van der Waals surface area contributed by atoms with Gasteiger partial charge < -0.3 is 0 Å². The van der Waals surface area contributed by atoms with Crippen LogP contribution in [0.4, 0.5) is 4.39 Å². The normalized spacial score (nSPS) is 18.6. The van der Waals surface area contributed by atoms with Crippen molar-refractivity contribution < 1.29 is 12.8 Å². The van der Waals surface area contributed by atoms with Crippen LogP contribution in [-0.2, 0) is 16.8 Å². The Kier molecular flexibility index (Phi) is 4.74. The molecule has 1 aliphatic heterocycles. The summed E-state index contributed by atoms with van der Waals surface area (Å²) in [6, 6.07) is 6.69. The minimum Gasteiger partial charge on any atom is -0.296 e. The third-order valence-electron chi connectivity index (χ3n) is 3.47. The second-order valence-electron chi connectivity index (χ2n) is 5.06. The van der Waals surface area contributed by atoms with Crippen LogP contribution in [0.2, 0.25) is 0 Å². The van der Waals surface area contributed by atoms with Crippen molar-refractivity contribution in [1.82, 2.24) is 13.5 Å². The molecule has 1 aliphatic rings. The van der Waals surface area contributed by atoms with E-state index in [4.69, 9.17) is 0 Å². The molecule has 1 fully saturated rings. The van der Waals surface area contributed by atoms with Crippen LogP contribution >= 0.6 is 0 Å². The predicted octanol–water partition coefficient (Wildman–Crippen LogP) is 0.750. The molecule has 0 unspecified atom stereocenters. The van der Waals surface area contributed by atoms with E-state index < -0.39 is 10.2 Å². The van der Waals surface area contributed by atoms with Gasteiger partial charge in [-0.1, -0.05) is 18.2 Å². The maximum Gasteiger partial charge on any atom is 0.281 e. The number of benzene rings is 1. The summed E-state index contributed by atoms with van der Waals surface area (Å²) >= 11 is 0. The highest BCUT2D eigenvalue weighted by atomic mass is 32.2. The van der Waals surface area contributed by atoms with Crippen molar-refractivity contribution in [3.8, 4) is 0 Å². The van der Waals surface area contributed by atoms with Gasteiger partial charge in [-0.25, -0.2) is 4.39 Å². The zero-order valence-corrected chi connectivity index (χ0v) is 12.6. The molecule has 0 bridgehead atoms. The summed E-state index contributed by atoms with van der Waals surface area (Å²) in [5, 5.41) is 0. The fourth-order valence-electron chi connectivity index (χ4n) is 2.22. The highest BCUT2D eigenvalue weighted by Gasteiger charge is 2.28. The number of nitrogens with zero attached hydrogens (tertiary/aromatic N) is 3. The largest absolute Gasteiger partial charge is 0.296 e. The molecule has 20 heavy (non-hydrogen) atoms. The molecule has 112 valence electrons. The van der Waals surface area contributed by atoms with Crippen LogP contribution in [-0.4, -0.2) is 62.2 Å². The summed E-state index contributed by atoms with van der Waals surface area (Å²) in [6.07, 6.45) is 0. The second-order valence-corrected chi connectivity index (χ2v) is 7.20. The third kappa shape index (κ3) is 3.35. The quantitative estimate of drug-likeness (QED) is 0.824. The maximum atomic E-state index is 13.6. The summed E-state index contributed by atoms with van der Waals surface area (Å²) in [6.45, 7) is 2.62. The van der Waals surface area contributed by atoms with E-state index >= 15 is 0 Å². The van der Waals surface area contributed by atoms with Gasteiger partial charge in [-0.05, 0) is 6.07 Å². The van der Waals surface area contributed by atoms with Gasteiger partial charge in [-0.2, -0.15) is 17.0 Å². The van der Waals surface area contributed by atoms with Gasteiger partial charge in [0.25, 0.3) is 10.2 Å². The lowest BCUT2D eigenvalue weighted by Gasteiger charge is -2.35. The first kappa shape index (κ1) is 15.4. The van der Waals surface area contributed by atoms with E-state index in [0.717, 1.165) is 0 Å². The Labute approximate surface area is 119 Å². The monoisotopic (exact) mass is 301 g/mol. The maximum absolute atomic E-state index is 13.6. The molecule has 0 atom stereocenters. The molecular formula is C13H20FN3O2S. The van der Waals surface area contributed by atoms with Crippen molar-refractivity contribution >= 4 is 10.2 Å². The van der Waals surface area contributed by atoms with Gasteiger partial charge in [-0.15, -0.1) is 0 Å². The van der Waals surface area contributed by atoms with Crippen LogP contribution in [0.25, 0.3) is 0 Å². The zero-order valence-electron chi connectivity index (χ0n) is 11.8. The standard InChI is InChI=1S/C13H20FN3O2S/c1-15(2)20(18,19)17-9-7-16(8-10-17)11-12-5-3-4-6-13(12)14/h3-6H,7-11H2,1-2H3. The highest BCUT2D eigenvalue weighted by Crippen LogP contribution is 2.14. The molecule has 0 radical (unpaired) electrons. The minimum absolute atomic E-state index is 0.212. The van der Waals surface area contributed by atoms with Crippen molar-refractivity contribution in [1.29, 1.82) is 0 Å². The van der Waals surface area contributed by atoms with Gasteiger partial charge in [0.2, 0.25) is 0 Å². The van der Waals surface area contributed by atoms with Crippen molar-refractivity contribution in [3.05, 3.63) is 35.6 Å². The average Bonchev–Trinajstić information content (AvgIpc) is 2.42. The van der Waals surface area contributed by atoms with Crippen molar-refractivity contribution in [2.75, 3.05) is 40.3 Å². The van der Waals surface area contributed by atoms with Crippen LogP contribution < -0.4 is 0 Å². The molecule has 0 aliphatic carbocycles. The molecule has 1 aromatic rings. The van der Waals surface area contributed by atoms with Crippen LogP contribution in [0, 0.1) is 5.82 Å². The van der Waals surface area contributed by atoms with Gasteiger partial charge in [-0.3, -0.25) is 4.90 Å². The minimum atomic E-state index is -3.34. The summed E-state index contributed by atoms with van der Waals surface area (Å²) in [4.78, 5) is 2.07. The number of halogens is 1.